The summed E-state index contributed by atoms with van der Waals surface area (Å²) in [7, 11) is 1.30. The first kappa shape index (κ1) is 23.7. The summed E-state index contributed by atoms with van der Waals surface area (Å²) in [5.74, 6) is -1.34. The molecule has 3 rings (SSSR count). The zero-order valence-corrected chi connectivity index (χ0v) is 17.8. The number of nitrogens with zero attached hydrogens (tertiary/aromatic N) is 1. The molecule has 1 saturated heterocycles. The van der Waals surface area contributed by atoms with Crippen LogP contribution in [0, 0.1) is 0 Å². The number of alkyl halides is 2. The number of ether oxygens (including phenoxy) is 3. The van der Waals surface area contributed by atoms with Crippen molar-refractivity contribution in [2.45, 2.75) is 19.5 Å². The van der Waals surface area contributed by atoms with Gasteiger partial charge in [0.2, 0.25) is 5.91 Å². The highest BCUT2D eigenvalue weighted by molar-refractivity contribution is 5.98. The molecule has 0 atom stereocenters. The Morgan fingerprint density at radius 2 is 2.00 bits per heavy atom. The van der Waals surface area contributed by atoms with Gasteiger partial charge in [-0.1, -0.05) is 12.1 Å². The Hall–Kier alpha value is -3.95. The SMILES string of the molecule is COc1cc(/C=C/C(=O)OCC(=O)Nc2cccc(N3CCCC3=O)c2)ccc1OC(F)F. The Balaban J connectivity index is 1.51. The van der Waals surface area contributed by atoms with Gasteiger partial charge < -0.3 is 24.4 Å². The highest BCUT2D eigenvalue weighted by Crippen LogP contribution is 2.30. The van der Waals surface area contributed by atoms with Crippen LogP contribution in [-0.2, 0) is 19.1 Å². The number of benzene rings is 2. The van der Waals surface area contributed by atoms with Gasteiger partial charge in [0.1, 0.15) is 0 Å². The van der Waals surface area contributed by atoms with Crippen LogP contribution in [0.2, 0.25) is 0 Å². The Labute approximate surface area is 188 Å². The van der Waals surface area contributed by atoms with Crippen molar-refractivity contribution >= 4 is 35.2 Å². The van der Waals surface area contributed by atoms with Crippen molar-refractivity contribution in [3.05, 3.63) is 54.1 Å². The summed E-state index contributed by atoms with van der Waals surface area (Å²) in [6, 6.07) is 11.0. The van der Waals surface area contributed by atoms with Gasteiger partial charge in [0.05, 0.1) is 7.11 Å². The summed E-state index contributed by atoms with van der Waals surface area (Å²) >= 11 is 0. The fraction of sp³-hybridized carbons (Fsp3) is 0.261. The number of carbonyl (C=O) groups is 3. The van der Waals surface area contributed by atoms with Crippen molar-refractivity contribution in [1.82, 2.24) is 0 Å². The highest BCUT2D eigenvalue weighted by Gasteiger charge is 2.21. The van der Waals surface area contributed by atoms with Gasteiger partial charge in [-0.3, -0.25) is 9.59 Å². The second-order valence-electron chi connectivity index (χ2n) is 6.98. The molecule has 0 unspecified atom stereocenters. The first-order chi connectivity index (χ1) is 15.9. The van der Waals surface area contributed by atoms with Crippen LogP contribution in [0.25, 0.3) is 6.08 Å². The van der Waals surface area contributed by atoms with E-state index in [1.54, 1.807) is 29.2 Å². The Morgan fingerprint density at radius 1 is 1.18 bits per heavy atom. The number of hydrogen-bond donors (Lipinski definition) is 1. The largest absolute Gasteiger partial charge is 0.493 e. The molecule has 10 heteroatoms. The smallest absolute Gasteiger partial charge is 0.387 e. The third-order valence-electron chi connectivity index (χ3n) is 4.68. The molecule has 8 nitrogen and oxygen atoms in total. The van der Waals surface area contributed by atoms with Crippen molar-refractivity contribution in [2.24, 2.45) is 0 Å². The molecule has 2 amide bonds. The van der Waals surface area contributed by atoms with Gasteiger partial charge in [-0.25, -0.2) is 4.79 Å². The number of amides is 2. The van der Waals surface area contributed by atoms with Crippen molar-refractivity contribution in [3.63, 3.8) is 0 Å². The topological polar surface area (TPSA) is 94.2 Å². The quantitative estimate of drug-likeness (QED) is 0.454. The van der Waals surface area contributed by atoms with E-state index in [0.29, 0.717) is 29.9 Å². The fourth-order valence-corrected chi connectivity index (χ4v) is 3.20. The molecule has 1 N–H and O–H groups in total. The maximum absolute atomic E-state index is 12.4. The molecule has 33 heavy (non-hydrogen) atoms. The molecule has 1 aliphatic heterocycles. The van der Waals surface area contributed by atoms with E-state index >= 15 is 0 Å². The van der Waals surface area contributed by atoms with Gasteiger partial charge in [0, 0.05) is 30.4 Å². The molecule has 174 valence electrons. The van der Waals surface area contributed by atoms with E-state index in [1.165, 1.54) is 31.4 Å². The van der Waals surface area contributed by atoms with E-state index < -0.39 is 25.1 Å². The molecule has 1 heterocycles. The van der Waals surface area contributed by atoms with E-state index in [2.05, 4.69) is 10.1 Å². The maximum atomic E-state index is 12.4. The summed E-state index contributed by atoms with van der Waals surface area (Å²) in [4.78, 5) is 37.6. The van der Waals surface area contributed by atoms with Gasteiger partial charge in [0.25, 0.3) is 5.91 Å². The number of hydrogen-bond acceptors (Lipinski definition) is 6. The molecule has 0 saturated carbocycles. The predicted molar refractivity (Wildman–Crippen MR) is 116 cm³/mol. The van der Waals surface area contributed by atoms with Gasteiger partial charge in [-0.15, -0.1) is 0 Å². The Morgan fingerprint density at radius 3 is 2.70 bits per heavy atom. The fourth-order valence-electron chi connectivity index (χ4n) is 3.20. The van der Waals surface area contributed by atoms with Crippen LogP contribution in [0.5, 0.6) is 11.5 Å². The zero-order chi connectivity index (χ0) is 23.8. The standard InChI is InChI=1S/C23H22F2N2O6/c1-31-19-12-15(7-9-18(19)33-23(24)25)8-10-22(30)32-14-20(28)26-16-4-2-5-17(13-16)27-11-3-6-21(27)29/h2,4-5,7-10,12-13,23H,3,6,11,14H2,1H3,(H,26,28)/b10-8+. The lowest BCUT2D eigenvalue weighted by Crippen LogP contribution is -2.24. The van der Waals surface area contributed by atoms with Crippen LogP contribution < -0.4 is 19.7 Å². The number of esters is 1. The van der Waals surface area contributed by atoms with Crippen molar-refractivity contribution in [1.29, 1.82) is 0 Å². The van der Waals surface area contributed by atoms with Crippen LogP contribution in [-0.4, -0.2) is 44.7 Å². The van der Waals surface area contributed by atoms with Crippen LogP contribution in [0.1, 0.15) is 18.4 Å². The van der Waals surface area contributed by atoms with Crippen molar-refractivity contribution < 1.29 is 37.4 Å². The Kier molecular flexibility index (Phi) is 7.96. The second-order valence-corrected chi connectivity index (χ2v) is 6.98. The van der Waals surface area contributed by atoms with E-state index in [9.17, 15) is 23.2 Å². The van der Waals surface area contributed by atoms with E-state index in [4.69, 9.17) is 9.47 Å². The molecule has 0 bridgehead atoms. The third-order valence-corrected chi connectivity index (χ3v) is 4.68. The van der Waals surface area contributed by atoms with Gasteiger partial charge in [0.15, 0.2) is 18.1 Å². The van der Waals surface area contributed by atoms with Gasteiger partial charge in [-0.05, 0) is 48.4 Å². The summed E-state index contributed by atoms with van der Waals surface area (Å²) < 4.78 is 39.0. The summed E-state index contributed by atoms with van der Waals surface area (Å²) in [5, 5.41) is 2.62. The first-order valence-electron chi connectivity index (χ1n) is 10.0. The second kappa shape index (κ2) is 11.1. The maximum Gasteiger partial charge on any atom is 0.387 e. The molecule has 0 radical (unpaired) electrons. The summed E-state index contributed by atoms with van der Waals surface area (Å²) in [6.07, 6.45) is 3.76. The normalized spacial score (nSPS) is 13.5. The molecule has 0 spiro atoms. The lowest BCUT2D eigenvalue weighted by Gasteiger charge is -2.16. The minimum atomic E-state index is -2.99. The number of anilines is 2. The number of nitrogens with one attached hydrogen (secondary N) is 1. The average molecular weight is 460 g/mol. The molecule has 2 aromatic rings. The molecule has 1 fully saturated rings. The number of methoxy groups -OCH3 is 1. The van der Waals surface area contributed by atoms with E-state index in [-0.39, 0.29) is 17.4 Å². The molecular weight excluding hydrogens is 438 g/mol. The minimum absolute atomic E-state index is 0.0352. The van der Waals surface area contributed by atoms with Crippen LogP contribution in [0.3, 0.4) is 0 Å². The lowest BCUT2D eigenvalue weighted by atomic mass is 10.2. The average Bonchev–Trinajstić information content (AvgIpc) is 3.22. The van der Waals surface area contributed by atoms with Crippen molar-refractivity contribution in [3.8, 4) is 11.5 Å². The van der Waals surface area contributed by atoms with E-state index in [1.807, 2.05) is 0 Å². The van der Waals surface area contributed by atoms with Crippen LogP contribution >= 0.6 is 0 Å². The predicted octanol–water partition coefficient (Wildman–Crippen LogP) is 3.62. The monoisotopic (exact) mass is 460 g/mol. The van der Waals surface area contributed by atoms with Crippen LogP contribution in [0.15, 0.2) is 48.5 Å². The number of carbonyl (C=O) groups excluding carboxylic acids is 3. The summed E-state index contributed by atoms with van der Waals surface area (Å²) in [5.41, 5.74) is 1.64. The number of rotatable bonds is 9. The lowest BCUT2D eigenvalue weighted by molar-refractivity contribution is -0.142. The third kappa shape index (κ3) is 6.76. The van der Waals surface area contributed by atoms with Gasteiger partial charge >= 0.3 is 12.6 Å². The van der Waals surface area contributed by atoms with Crippen LogP contribution in [0.4, 0.5) is 20.2 Å². The minimum Gasteiger partial charge on any atom is -0.493 e. The Bertz CT molecular complexity index is 1060. The van der Waals surface area contributed by atoms with Gasteiger partial charge in [-0.2, -0.15) is 8.78 Å². The number of halogens is 2. The zero-order valence-electron chi connectivity index (χ0n) is 17.8. The molecule has 2 aromatic carbocycles. The first-order valence-corrected chi connectivity index (χ1v) is 10.0. The van der Waals surface area contributed by atoms with E-state index in [0.717, 1.165) is 12.5 Å². The molecular formula is C23H22F2N2O6. The summed E-state index contributed by atoms with van der Waals surface area (Å²) in [6.45, 7) is -2.87. The molecule has 0 aromatic heterocycles. The molecule has 1 aliphatic rings. The van der Waals surface area contributed by atoms with Crippen molar-refractivity contribution in [2.75, 3.05) is 30.5 Å². The highest BCUT2D eigenvalue weighted by atomic mass is 19.3. The molecule has 0 aliphatic carbocycles.